The Kier molecular flexibility index (Phi) is 5.04. The van der Waals surface area contributed by atoms with Crippen LogP contribution < -0.4 is 15.1 Å². The highest BCUT2D eigenvalue weighted by atomic mass is 16.1. The molecule has 5 heteroatoms. The van der Waals surface area contributed by atoms with Crippen molar-refractivity contribution in [3.05, 3.63) is 54.4 Å². The van der Waals surface area contributed by atoms with E-state index < -0.39 is 0 Å². The molecule has 1 N–H and O–H groups in total. The fourth-order valence-electron chi connectivity index (χ4n) is 3.93. The zero-order valence-corrected chi connectivity index (χ0v) is 15.1. The first kappa shape index (κ1) is 16.9. The van der Waals surface area contributed by atoms with Gasteiger partial charge in [-0.1, -0.05) is 31.0 Å². The summed E-state index contributed by atoms with van der Waals surface area (Å²) in [6.07, 6.45) is 6.36. The predicted octanol–water partition coefficient (Wildman–Crippen LogP) is 3.08. The molecule has 5 nitrogen and oxygen atoms in total. The van der Waals surface area contributed by atoms with Gasteiger partial charge >= 0.3 is 0 Å². The lowest BCUT2D eigenvalue weighted by Crippen LogP contribution is -2.46. The zero-order valence-electron chi connectivity index (χ0n) is 15.1. The number of rotatable bonds is 4. The Balaban J connectivity index is 1.38. The number of hydrogen-bond donors (Lipinski definition) is 1. The van der Waals surface area contributed by atoms with Crippen LogP contribution in [0.15, 0.2) is 48.7 Å². The van der Waals surface area contributed by atoms with Crippen molar-refractivity contribution in [2.24, 2.45) is 0 Å². The quantitative estimate of drug-likeness (QED) is 0.921. The molecule has 4 rings (SSSR count). The molecule has 1 saturated heterocycles. The van der Waals surface area contributed by atoms with Gasteiger partial charge in [0.2, 0.25) is 0 Å². The normalized spacial score (nSPS) is 18.2. The maximum Gasteiger partial charge on any atom is 0.270 e. The predicted molar refractivity (Wildman–Crippen MR) is 105 cm³/mol. The molecule has 1 aliphatic carbocycles. The summed E-state index contributed by atoms with van der Waals surface area (Å²) in [4.78, 5) is 21.5. The molecule has 26 heavy (non-hydrogen) atoms. The summed E-state index contributed by atoms with van der Waals surface area (Å²) < 4.78 is 0. The minimum Gasteiger partial charge on any atom is -0.368 e. The van der Waals surface area contributed by atoms with Crippen molar-refractivity contribution in [2.45, 2.75) is 31.7 Å². The number of piperazine rings is 1. The van der Waals surface area contributed by atoms with Gasteiger partial charge in [0, 0.05) is 49.8 Å². The van der Waals surface area contributed by atoms with Crippen molar-refractivity contribution in [2.75, 3.05) is 36.0 Å². The van der Waals surface area contributed by atoms with Crippen molar-refractivity contribution in [1.82, 2.24) is 10.3 Å². The number of benzene rings is 1. The Morgan fingerprint density at radius 1 is 0.923 bits per heavy atom. The van der Waals surface area contributed by atoms with Gasteiger partial charge in [0.15, 0.2) is 0 Å². The summed E-state index contributed by atoms with van der Waals surface area (Å²) in [6.45, 7) is 3.86. The molecule has 1 amide bonds. The van der Waals surface area contributed by atoms with Crippen LogP contribution in [0, 0.1) is 0 Å². The molecule has 0 spiro atoms. The smallest absolute Gasteiger partial charge is 0.270 e. The Labute approximate surface area is 155 Å². The summed E-state index contributed by atoms with van der Waals surface area (Å²) in [5, 5.41) is 3.13. The number of anilines is 2. The van der Waals surface area contributed by atoms with Gasteiger partial charge in [0.25, 0.3) is 5.91 Å². The van der Waals surface area contributed by atoms with E-state index in [1.54, 1.807) is 6.20 Å². The van der Waals surface area contributed by atoms with E-state index >= 15 is 0 Å². The molecule has 2 heterocycles. The first-order chi connectivity index (χ1) is 12.8. The monoisotopic (exact) mass is 350 g/mol. The third kappa shape index (κ3) is 3.82. The van der Waals surface area contributed by atoms with Crippen molar-refractivity contribution >= 4 is 17.3 Å². The molecular formula is C21H26N4O. The average molecular weight is 350 g/mol. The van der Waals surface area contributed by atoms with Gasteiger partial charge < -0.3 is 15.1 Å². The maximum absolute atomic E-state index is 12.5. The number of pyridine rings is 1. The van der Waals surface area contributed by atoms with Gasteiger partial charge in [-0.05, 0) is 37.1 Å². The van der Waals surface area contributed by atoms with E-state index in [0.717, 1.165) is 44.7 Å². The van der Waals surface area contributed by atoms with Gasteiger partial charge in [0.1, 0.15) is 5.69 Å². The number of carbonyl (C=O) groups excluding carboxylic acids is 1. The highest BCUT2D eigenvalue weighted by Gasteiger charge is 2.21. The number of aromatic nitrogens is 1. The fourth-order valence-corrected chi connectivity index (χ4v) is 3.93. The van der Waals surface area contributed by atoms with E-state index in [4.69, 9.17) is 0 Å². The van der Waals surface area contributed by atoms with Crippen LogP contribution in [0.2, 0.25) is 0 Å². The lowest BCUT2D eigenvalue weighted by atomic mass is 10.2. The number of nitrogens with zero attached hydrogens (tertiary/aromatic N) is 3. The molecule has 1 aromatic carbocycles. The Bertz CT molecular complexity index is 735. The standard InChI is InChI=1S/C21H26N4O/c26-21(23-17-6-4-5-7-17)20-16-19(10-11-22-20)25-14-12-24(13-15-25)18-8-2-1-3-9-18/h1-3,8-11,16-17H,4-7,12-15H2,(H,23,26). The van der Waals surface area contributed by atoms with E-state index in [2.05, 4.69) is 50.4 Å². The minimum absolute atomic E-state index is 0.0401. The second kappa shape index (κ2) is 7.77. The van der Waals surface area contributed by atoms with Crippen LogP contribution in [0.4, 0.5) is 11.4 Å². The second-order valence-corrected chi connectivity index (χ2v) is 7.16. The van der Waals surface area contributed by atoms with E-state index in [1.807, 2.05) is 12.1 Å². The molecule has 0 radical (unpaired) electrons. The van der Waals surface area contributed by atoms with Crippen LogP contribution in [0.5, 0.6) is 0 Å². The number of amides is 1. The van der Waals surface area contributed by atoms with Gasteiger partial charge in [-0.25, -0.2) is 0 Å². The second-order valence-electron chi connectivity index (χ2n) is 7.16. The third-order valence-corrected chi connectivity index (χ3v) is 5.43. The van der Waals surface area contributed by atoms with Crippen molar-refractivity contribution in [1.29, 1.82) is 0 Å². The third-order valence-electron chi connectivity index (χ3n) is 5.43. The Morgan fingerprint density at radius 2 is 1.58 bits per heavy atom. The SMILES string of the molecule is O=C(NC1CCCC1)c1cc(N2CCN(c3ccccc3)CC2)ccn1. The lowest BCUT2D eigenvalue weighted by Gasteiger charge is -2.37. The van der Waals surface area contributed by atoms with Gasteiger partial charge in [-0.2, -0.15) is 0 Å². The van der Waals surface area contributed by atoms with Crippen molar-refractivity contribution in [3.8, 4) is 0 Å². The van der Waals surface area contributed by atoms with E-state index in [-0.39, 0.29) is 5.91 Å². The fraction of sp³-hybridized carbons (Fsp3) is 0.429. The van der Waals surface area contributed by atoms with Gasteiger partial charge in [-0.3, -0.25) is 9.78 Å². The van der Waals surface area contributed by atoms with Gasteiger partial charge in [-0.15, -0.1) is 0 Å². The van der Waals surface area contributed by atoms with Crippen molar-refractivity contribution in [3.63, 3.8) is 0 Å². The molecule has 1 aliphatic heterocycles. The minimum atomic E-state index is -0.0401. The molecule has 2 fully saturated rings. The van der Waals surface area contributed by atoms with Crippen molar-refractivity contribution < 1.29 is 4.79 Å². The first-order valence-electron chi connectivity index (χ1n) is 9.61. The molecule has 2 aromatic rings. The largest absolute Gasteiger partial charge is 0.368 e. The van der Waals surface area contributed by atoms with E-state index in [0.29, 0.717) is 11.7 Å². The number of para-hydroxylation sites is 1. The molecule has 2 aliphatic rings. The lowest BCUT2D eigenvalue weighted by molar-refractivity contribution is 0.0933. The van der Waals surface area contributed by atoms with Crippen LogP contribution >= 0.6 is 0 Å². The molecule has 0 bridgehead atoms. The number of nitrogens with one attached hydrogen (secondary N) is 1. The molecule has 0 atom stereocenters. The van der Waals surface area contributed by atoms with Crippen LogP contribution in [0.1, 0.15) is 36.2 Å². The van der Waals surface area contributed by atoms with E-state index in [9.17, 15) is 4.79 Å². The van der Waals surface area contributed by atoms with Crippen LogP contribution in [-0.2, 0) is 0 Å². The van der Waals surface area contributed by atoms with Crippen LogP contribution in [0.25, 0.3) is 0 Å². The summed E-state index contributed by atoms with van der Waals surface area (Å²) in [5.74, 6) is -0.0401. The Morgan fingerprint density at radius 3 is 2.27 bits per heavy atom. The number of hydrogen-bond acceptors (Lipinski definition) is 4. The zero-order chi connectivity index (χ0) is 17.8. The average Bonchev–Trinajstić information content (AvgIpc) is 3.22. The van der Waals surface area contributed by atoms with E-state index in [1.165, 1.54) is 18.5 Å². The summed E-state index contributed by atoms with van der Waals surface area (Å²) >= 11 is 0. The first-order valence-corrected chi connectivity index (χ1v) is 9.61. The molecule has 136 valence electrons. The topological polar surface area (TPSA) is 48.5 Å². The molecule has 0 unspecified atom stereocenters. The summed E-state index contributed by atoms with van der Waals surface area (Å²) in [6, 6.07) is 14.8. The molecular weight excluding hydrogens is 324 g/mol. The summed E-state index contributed by atoms with van der Waals surface area (Å²) in [5.41, 5.74) is 2.89. The summed E-state index contributed by atoms with van der Waals surface area (Å²) in [7, 11) is 0. The molecule has 1 saturated carbocycles. The number of carbonyl (C=O) groups is 1. The van der Waals surface area contributed by atoms with Gasteiger partial charge in [0.05, 0.1) is 0 Å². The molecule has 1 aromatic heterocycles. The highest BCUT2D eigenvalue weighted by Crippen LogP contribution is 2.21. The maximum atomic E-state index is 12.5. The Hall–Kier alpha value is -2.56. The highest BCUT2D eigenvalue weighted by molar-refractivity contribution is 5.93. The van der Waals surface area contributed by atoms with Crippen LogP contribution in [0.3, 0.4) is 0 Å². The van der Waals surface area contributed by atoms with Crippen LogP contribution in [-0.4, -0.2) is 43.1 Å².